The van der Waals surface area contributed by atoms with E-state index in [-0.39, 0.29) is 0 Å². The van der Waals surface area contributed by atoms with Crippen LogP contribution in [0.4, 0.5) is 5.00 Å². The van der Waals surface area contributed by atoms with Gasteiger partial charge in [-0.3, -0.25) is 4.99 Å². The number of aliphatic imine (C=N–C) groups is 1. The predicted molar refractivity (Wildman–Crippen MR) is 54.6 cm³/mol. The van der Waals surface area contributed by atoms with Crippen LogP contribution in [-0.4, -0.2) is 18.8 Å². The molecule has 0 saturated heterocycles. The Morgan fingerprint density at radius 1 is 1.50 bits per heavy atom. The molecule has 0 saturated carbocycles. The summed E-state index contributed by atoms with van der Waals surface area (Å²) in [7, 11) is 0. The van der Waals surface area contributed by atoms with E-state index in [4.69, 9.17) is 0 Å². The Kier molecular flexibility index (Phi) is 1.89. The van der Waals surface area contributed by atoms with Crippen molar-refractivity contribution in [3.05, 3.63) is 16.5 Å². The van der Waals surface area contributed by atoms with Crippen molar-refractivity contribution in [2.75, 3.05) is 18.4 Å². The molecule has 0 aliphatic carbocycles. The molecule has 1 aliphatic heterocycles. The largest absolute Gasteiger partial charge is 0.375 e. The SMILES string of the molecule is CC1=NCCNc2sc(C)cc21. The van der Waals surface area contributed by atoms with Crippen LogP contribution >= 0.6 is 11.3 Å². The fourth-order valence-corrected chi connectivity index (χ4v) is 2.38. The number of hydrogen-bond donors (Lipinski definition) is 1. The number of nitrogens with zero attached hydrogens (tertiary/aromatic N) is 1. The number of aryl methyl sites for hydroxylation is 1. The maximum atomic E-state index is 4.44. The summed E-state index contributed by atoms with van der Waals surface area (Å²) in [5, 5.41) is 4.66. The monoisotopic (exact) mass is 180 g/mol. The van der Waals surface area contributed by atoms with Crippen molar-refractivity contribution in [2.45, 2.75) is 13.8 Å². The van der Waals surface area contributed by atoms with E-state index in [9.17, 15) is 0 Å². The van der Waals surface area contributed by atoms with Crippen LogP contribution in [0.25, 0.3) is 0 Å². The van der Waals surface area contributed by atoms with Crippen molar-refractivity contribution < 1.29 is 0 Å². The van der Waals surface area contributed by atoms with Gasteiger partial charge >= 0.3 is 0 Å². The lowest BCUT2D eigenvalue weighted by Crippen LogP contribution is -2.01. The van der Waals surface area contributed by atoms with Gasteiger partial charge in [0.05, 0.1) is 11.5 Å². The minimum Gasteiger partial charge on any atom is -0.375 e. The van der Waals surface area contributed by atoms with Gasteiger partial charge < -0.3 is 5.32 Å². The van der Waals surface area contributed by atoms with E-state index < -0.39 is 0 Å². The molecular weight excluding hydrogens is 168 g/mol. The summed E-state index contributed by atoms with van der Waals surface area (Å²) in [6.07, 6.45) is 0. The van der Waals surface area contributed by atoms with Gasteiger partial charge in [-0.25, -0.2) is 0 Å². The molecule has 1 aromatic heterocycles. The lowest BCUT2D eigenvalue weighted by Gasteiger charge is -1.98. The quantitative estimate of drug-likeness (QED) is 0.651. The van der Waals surface area contributed by atoms with Crippen molar-refractivity contribution >= 4 is 22.0 Å². The molecule has 0 bridgehead atoms. The highest BCUT2D eigenvalue weighted by atomic mass is 32.1. The van der Waals surface area contributed by atoms with E-state index in [1.54, 1.807) is 0 Å². The normalized spacial score (nSPS) is 16.0. The molecule has 0 radical (unpaired) electrons. The average Bonchev–Trinajstić information content (AvgIpc) is 2.33. The molecule has 0 spiro atoms. The molecule has 2 nitrogen and oxygen atoms in total. The molecule has 64 valence electrons. The van der Waals surface area contributed by atoms with Crippen molar-refractivity contribution in [3.8, 4) is 0 Å². The molecular formula is C9H12N2S. The Hall–Kier alpha value is -0.830. The minimum absolute atomic E-state index is 0.895. The van der Waals surface area contributed by atoms with E-state index in [2.05, 4.69) is 30.2 Å². The van der Waals surface area contributed by atoms with Crippen LogP contribution < -0.4 is 5.32 Å². The first-order valence-electron chi connectivity index (χ1n) is 4.13. The van der Waals surface area contributed by atoms with Gasteiger partial charge in [0.1, 0.15) is 0 Å². The number of hydrogen-bond acceptors (Lipinski definition) is 3. The van der Waals surface area contributed by atoms with Crippen LogP contribution in [0, 0.1) is 6.92 Å². The molecule has 0 aromatic carbocycles. The molecule has 1 N–H and O–H groups in total. The molecule has 12 heavy (non-hydrogen) atoms. The van der Waals surface area contributed by atoms with Crippen molar-refractivity contribution in [1.82, 2.24) is 0 Å². The second-order valence-electron chi connectivity index (χ2n) is 2.99. The van der Waals surface area contributed by atoms with Gasteiger partial charge in [0.25, 0.3) is 0 Å². The Morgan fingerprint density at radius 3 is 3.17 bits per heavy atom. The van der Waals surface area contributed by atoms with Gasteiger partial charge in [-0.1, -0.05) is 0 Å². The standard InChI is InChI=1S/C9H12N2S/c1-6-5-8-7(2)10-3-4-11-9(8)12-6/h5,11H,3-4H2,1-2H3. The van der Waals surface area contributed by atoms with Crippen molar-refractivity contribution in [3.63, 3.8) is 0 Å². The fraction of sp³-hybridized carbons (Fsp3) is 0.444. The van der Waals surface area contributed by atoms with E-state index >= 15 is 0 Å². The van der Waals surface area contributed by atoms with Gasteiger partial charge in [0.15, 0.2) is 0 Å². The zero-order valence-electron chi connectivity index (χ0n) is 7.35. The Morgan fingerprint density at radius 2 is 2.33 bits per heavy atom. The highest BCUT2D eigenvalue weighted by molar-refractivity contribution is 7.16. The maximum Gasteiger partial charge on any atom is 0.0977 e. The number of rotatable bonds is 0. The summed E-state index contributed by atoms with van der Waals surface area (Å²) in [6.45, 7) is 6.07. The first-order chi connectivity index (χ1) is 5.77. The number of nitrogens with one attached hydrogen (secondary N) is 1. The van der Waals surface area contributed by atoms with E-state index in [0.717, 1.165) is 13.1 Å². The number of fused-ring (bicyclic) bond motifs is 1. The van der Waals surface area contributed by atoms with Gasteiger partial charge in [-0.05, 0) is 19.9 Å². The maximum absolute atomic E-state index is 4.44. The van der Waals surface area contributed by atoms with E-state index in [1.807, 2.05) is 11.3 Å². The highest BCUT2D eigenvalue weighted by Gasteiger charge is 2.11. The summed E-state index contributed by atoms with van der Waals surface area (Å²) in [6, 6.07) is 2.21. The third kappa shape index (κ3) is 1.25. The summed E-state index contributed by atoms with van der Waals surface area (Å²) in [5.74, 6) is 0. The lowest BCUT2D eigenvalue weighted by atomic mass is 10.2. The van der Waals surface area contributed by atoms with Crippen LogP contribution in [0.3, 0.4) is 0 Å². The fourth-order valence-electron chi connectivity index (χ4n) is 1.39. The predicted octanol–water partition coefficient (Wildman–Crippen LogP) is 2.29. The molecule has 3 heteroatoms. The molecule has 0 atom stereocenters. The molecule has 2 heterocycles. The van der Waals surface area contributed by atoms with Gasteiger partial charge in [-0.15, -0.1) is 11.3 Å². The third-order valence-electron chi connectivity index (χ3n) is 1.99. The molecule has 1 aliphatic rings. The van der Waals surface area contributed by atoms with Crippen molar-refractivity contribution in [2.24, 2.45) is 4.99 Å². The van der Waals surface area contributed by atoms with Crippen LogP contribution in [0.2, 0.25) is 0 Å². The van der Waals surface area contributed by atoms with Crippen LogP contribution in [-0.2, 0) is 0 Å². The summed E-state index contributed by atoms with van der Waals surface area (Å²) in [4.78, 5) is 5.79. The zero-order valence-corrected chi connectivity index (χ0v) is 8.16. The van der Waals surface area contributed by atoms with Crippen LogP contribution in [0.15, 0.2) is 11.1 Å². The number of anilines is 1. The van der Waals surface area contributed by atoms with Gasteiger partial charge in [0.2, 0.25) is 0 Å². The molecule has 0 fully saturated rings. The summed E-state index contributed by atoms with van der Waals surface area (Å²) in [5.41, 5.74) is 2.45. The first kappa shape index (κ1) is 7.80. The second-order valence-corrected chi connectivity index (χ2v) is 4.25. The Balaban J connectivity index is 2.50. The number of thiophene rings is 1. The van der Waals surface area contributed by atoms with Gasteiger partial charge in [0, 0.05) is 22.7 Å². The smallest absolute Gasteiger partial charge is 0.0977 e. The third-order valence-corrected chi connectivity index (χ3v) is 3.00. The zero-order chi connectivity index (χ0) is 8.55. The van der Waals surface area contributed by atoms with Crippen LogP contribution in [0.5, 0.6) is 0 Å². The van der Waals surface area contributed by atoms with Gasteiger partial charge in [-0.2, -0.15) is 0 Å². The van der Waals surface area contributed by atoms with Crippen LogP contribution in [0.1, 0.15) is 17.4 Å². The molecule has 2 rings (SSSR count). The highest BCUT2D eigenvalue weighted by Crippen LogP contribution is 2.28. The average molecular weight is 180 g/mol. The van der Waals surface area contributed by atoms with E-state index in [0.29, 0.717) is 0 Å². The molecule has 0 amide bonds. The summed E-state index contributed by atoms with van der Waals surface area (Å²) >= 11 is 1.82. The van der Waals surface area contributed by atoms with E-state index in [1.165, 1.54) is 21.2 Å². The first-order valence-corrected chi connectivity index (χ1v) is 4.95. The van der Waals surface area contributed by atoms with Crippen molar-refractivity contribution in [1.29, 1.82) is 0 Å². The molecule has 0 unspecified atom stereocenters. The molecule has 1 aromatic rings. The minimum atomic E-state index is 0.895. The second kappa shape index (κ2) is 2.90. The Labute approximate surface area is 76.3 Å². The Bertz CT molecular complexity index is 325. The summed E-state index contributed by atoms with van der Waals surface area (Å²) < 4.78 is 0. The lowest BCUT2D eigenvalue weighted by molar-refractivity contribution is 1.04. The topological polar surface area (TPSA) is 24.4 Å².